The standard InChI is InChI=1S/C25H42N4O6/c1-3-9-26-21(31)18-19-23(33)29(11-5-6-15-30)20(25(19)8-7-24(18,4-2)35-25)22(32)27-10-12-28-13-16-34-17-14-28/h18-20,30H,3-17H2,1-2H3,(H,26,31)(H,27,32)/t18-,19+,20?,24+,25?/m1/s1. The van der Waals surface area contributed by atoms with E-state index in [0.717, 1.165) is 26.1 Å². The molecule has 3 N–H and O–H groups in total. The summed E-state index contributed by atoms with van der Waals surface area (Å²) < 4.78 is 12.1. The second-order valence-corrected chi connectivity index (χ2v) is 10.3. The van der Waals surface area contributed by atoms with E-state index in [1.165, 1.54) is 0 Å². The van der Waals surface area contributed by atoms with Crippen LogP contribution in [0.25, 0.3) is 0 Å². The van der Waals surface area contributed by atoms with Crippen LogP contribution in [0.5, 0.6) is 0 Å². The van der Waals surface area contributed by atoms with E-state index in [1.807, 2.05) is 13.8 Å². The zero-order valence-electron chi connectivity index (χ0n) is 21.2. The maximum absolute atomic E-state index is 13.8. The van der Waals surface area contributed by atoms with Crippen LogP contribution in [0, 0.1) is 11.8 Å². The lowest BCUT2D eigenvalue weighted by molar-refractivity contribution is -0.147. The Bertz CT molecular complexity index is 790. The molecule has 0 aromatic heterocycles. The van der Waals surface area contributed by atoms with E-state index in [2.05, 4.69) is 15.5 Å². The van der Waals surface area contributed by atoms with Gasteiger partial charge in [-0.3, -0.25) is 19.3 Å². The Balaban J connectivity index is 1.56. The van der Waals surface area contributed by atoms with E-state index in [1.54, 1.807) is 4.90 Å². The fraction of sp³-hybridized carbons (Fsp3) is 0.880. The number of hydrogen-bond donors (Lipinski definition) is 3. The van der Waals surface area contributed by atoms with Crippen LogP contribution >= 0.6 is 0 Å². The number of nitrogens with zero attached hydrogens (tertiary/aromatic N) is 2. The summed E-state index contributed by atoms with van der Waals surface area (Å²) in [6.45, 7) is 9.22. The van der Waals surface area contributed by atoms with Gasteiger partial charge in [-0.2, -0.15) is 0 Å². The van der Waals surface area contributed by atoms with E-state index in [0.29, 0.717) is 65.0 Å². The first kappa shape index (κ1) is 26.3. The Hall–Kier alpha value is -1.75. The zero-order chi connectivity index (χ0) is 25.1. The lowest BCUT2D eigenvalue weighted by atomic mass is 9.65. The van der Waals surface area contributed by atoms with Gasteiger partial charge in [0, 0.05) is 45.9 Å². The largest absolute Gasteiger partial charge is 0.396 e. The molecule has 0 aromatic rings. The third-order valence-corrected chi connectivity index (χ3v) is 8.40. The average molecular weight is 495 g/mol. The second-order valence-electron chi connectivity index (χ2n) is 10.3. The summed E-state index contributed by atoms with van der Waals surface area (Å²) in [6, 6.07) is -0.763. The molecule has 10 nitrogen and oxygen atoms in total. The van der Waals surface area contributed by atoms with Crippen molar-refractivity contribution < 1.29 is 29.0 Å². The number of rotatable bonds is 12. The van der Waals surface area contributed by atoms with Crippen LogP contribution in [0.15, 0.2) is 0 Å². The molecule has 3 amide bonds. The Morgan fingerprint density at radius 3 is 2.49 bits per heavy atom. The third kappa shape index (κ3) is 4.70. The van der Waals surface area contributed by atoms with Crippen molar-refractivity contribution in [1.29, 1.82) is 0 Å². The van der Waals surface area contributed by atoms with Gasteiger partial charge in [0.15, 0.2) is 0 Å². The number of hydrogen-bond acceptors (Lipinski definition) is 7. The molecule has 4 aliphatic rings. The highest BCUT2D eigenvalue weighted by Gasteiger charge is 2.78. The predicted molar refractivity (Wildman–Crippen MR) is 128 cm³/mol. The molecule has 0 aliphatic carbocycles. The first-order valence-electron chi connectivity index (χ1n) is 13.4. The predicted octanol–water partition coefficient (Wildman–Crippen LogP) is -0.112. The third-order valence-electron chi connectivity index (χ3n) is 8.40. The fourth-order valence-electron chi connectivity index (χ4n) is 6.67. The van der Waals surface area contributed by atoms with Crippen LogP contribution < -0.4 is 10.6 Å². The molecule has 0 aromatic carbocycles. The number of fused-ring (bicyclic) bond motifs is 1. The Morgan fingerprint density at radius 2 is 1.80 bits per heavy atom. The number of unbranched alkanes of at least 4 members (excludes halogenated alkanes) is 1. The summed E-state index contributed by atoms with van der Waals surface area (Å²) in [6.07, 6.45) is 3.83. The number of ether oxygens (including phenoxy) is 2. The number of morpholine rings is 1. The van der Waals surface area contributed by atoms with Gasteiger partial charge in [0.25, 0.3) is 0 Å². The molecule has 2 bridgehead atoms. The molecule has 2 unspecified atom stereocenters. The molecule has 4 fully saturated rings. The van der Waals surface area contributed by atoms with Crippen LogP contribution in [-0.4, -0.2) is 109 Å². The number of likely N-dealkylation sites (tertiary alicyclic amines) is 1. The molecular weight excluding hydrogens is 452 g/mol. The summed E-state index contributed by atoms with van der Waals surface area (Å²) in [5, 5.41) is 15.3. The van der Waals surface area contributed by atoms with Crippen molar-refractivity contribution >= 4 is 17.7 Å². The highest BCUT2D eigenvalue weighted by molar-refractivity contribution is 5.99. The maximum Gasteiger partial charge on any atom is 0.245 e. The molecule has 1 spiro atoms. The average Bonchev–Trinajstić information content (AvgIpc) is 3.47. The van der Waals surface area contributed by atoms with E-state index in [-0.39, 0.29) is 24.3 Å². The number of nitrogens with one attached hydrogen (secondary N) is 2. The van der Waals surface area contributed by atoms with Gasteiger partial charge in [0.1, 0.15) is 11.6 Å². The van der Waals surface area contributed by atoms with Gasteiger partial charge in [-0.25, -0.2) is 0 Å². The summed E-state index contributed by atoms with van der Waals surface area (Å²) in [5.74, 6) is -1.76. The van der Waals surface area contributed by atoms with Gasteiger partial charge in [-0.1, -0.05) is 13.8 Å². The van der Waals surface area contributed by atoms with Crippen LogP contribution in [0.1, 0.15) is 52.4 Å². The Labute approximate surface area is 208 Å². The lowest BCUT2D eigenvalue weighted by Gasteiger charge is -2.34. The molecule has 35 heavy (non-hydrogen) atoms. The Kier molecular flexibility index (Phi) is 8.35. The molecule has 0 saturated carbocycles. The second kappa shape index (κ2) is 11.1. The summed E-state index contributed by atoms with van der Waals surface area (Å²) in [4.78, 5) is 44.7. The smallest absolute Gasteiger partial charge is 0.245 e. The number of aliphatic hydroxyl groups is 1. The molecule has 4 aliphatic heterocycles. The SMILES string of the molecule is CCCNC(=O)[C@H]1[C@H]2C(=O)N(CCCCO)C(C(=O)NCCN3CCOCC3)C23CC[C@]1(CC)O3. The van der Waals surface area contributed by atoms with Gasteiger partial charge in [0.05, 0.1) is 30.7 Å². The molecule has 10 heteroatoms. The van der Waals surface area contributed by atoms with E-state index >= 15 is 0 Å². The first-order valence-corrected chi connectivity index (χ1v) is 13.4. The molecule has 4 rings (SSSR count). The van der Waals surface area contributed by atoms with Crippen molar-refractivity contribution in [2.24, 2.45) is 11.8 Å². The number of carbonyl (C=O) groups is 3. The van der Waals surface area contributed by atoms with Crippen molar-refractivity contribution in [3.05, 3.63) is 0 Å². The van der Waals surface area contributed by atoms with E-state index in [4.69, 9.17) is 9.47 Å². The fourth-order valence-corrected chi connectivity index (χ4v) is 6.67. The minimum absolute atomic E-state index is 0.0323. The molecule has 4 heterocycles. The molecule has 0 radical (unpaired) electrons. The van der Waals surface area contributed by atoms with Crippen molar-refractivity contribution in [2.45, 2.75) is 69.6 Å². The van der Waals surface area contributed by atoms with Crippen molar-refractivity contribution in [3.63, 3.8) is 0 Å². The van der Waals surface area contributed by atoms with Gasteiger partial charge < -0.3 is 30.1 Å². The van der Waals surface area contributed by atoms with Crippen molar-refractivity contribution in [2.75, 3.05) is 59.1 Å². The highest BCUT2D eigenvalue weighted by Crippen LogP contribution is 2.64. The zero-order valence-corrected chi connectivity index (χ0v) is 21.2. The van der Waals surface area contributed by atoms with E-state index < -0.39 is 29.1 Å². The minimum atomic E-state index is -0.983. The highest BCUT2D eigenvalue weighted by atomic mass is 16.5. The Morgan fingerprint density at radius 1 is 1.06 bits per heavy atom. The van der Waals surface area contributed by atoms with Crippen LogP contribution in [0.4, 0.5) is 0 Å². The minimum Gasteiger partial charge on any atom is -0.396 e. The van der Waals surface area contributed by atoms with Gasteiger partial charge in [-0.15, -0.1) is 0 Å². The number of carbonyl (C=O) groups excluding carboxylic acids is 3. The van der Waals surface area contributed by atoms with Crippen LogP contribution in [0.2, 0.25) is 0 Å². The van der Waals surface area contributed by atoms with Crippen molar-refractivity contribution in [3.8, 4) is 0 Å². The van der Waals surface area contributed by atoms with E-state index in [9.17, 15) is 19.5 Å². The molecule has 5 atom stereocenters. The van der Waals surface area contributed by atoms with Crippen LogP contribution in [-0.2, 0) is 23.9 Å². The normalized spacial score (nSPS) is 34.3. The number of aliphatic hydroxyl groups excluding tert-OH is 1. The van der Waals surface area contributed by atoms with Gasteiger partial charge in [0.2, 0.25) is 17.7 Å². The number of amides is 3. The topological polar surface area (TPSA) is 120 Å². The van der Waals surface area contributed by atoms with Crippen LogP contribution in [0.3, 0.4) is 0 Å². The summed E-state index contributed by atoms with van der Waals surface area (Å²) >= 11 is 0. The molecule has 4 saturated heterocycles. The summed E-state index contributed by atoms with van der Waals surface area (Å²) in [7, 11) is 0. The molecule has 198 valence electrons. The lowest BCUT2D eigenvalue weighted by Crippen LogP contribution is -2.56. The molecular formula is C25H42N4O6. The monoisotopic (exact) mass is 494 g/mol. The quantitative estimate of drug-likeness (QED) is 0.324. The first-order chi connectivity index (χ1) is 16.9. The van der Waals surface area contributed by atoms with Crippen molar-refractivity contribution in [1.82, 2.24) is 20.4 Å². The van der Waals surface area contributed by atoms with Gasteiger partial charge >= 0.3 is 0 Å². The summed E-state index contributed by atoms with van der Waals surface area (Å²) in [5.41, 5.74) is -1.69. The maximum atomic E-state index is 13.8. The van der Waals surface area contributed by atoms with Gasteiger partial charge in [-0.05, 0) is 38.5 Å².